The molecule has 1 aromatic heterocycles. The molecular formula is C27H22N2O2. The second-order valence-corrected chi connectivity index (χ2v) is 7.55. The molecule has 0 bridgehead atoms. The second kappa shape index (κ2) is 8.44. The Balaban J connectivity index is 1.24. The number of carbonyl (C=O) groups is 1. The second-order valence-electron chi connectivity index (χ2n) is 7.55. The Hall–Kier alpha value is -3.92. The monoisotopic (exact) mass is 406 g/mol. The van der Waals surface area contributed by atoms with Gasteiger partial charge in [-0.1, -0.05) is 48.5 Å². The zero-order valence-electron chi connectivity index (χ0n) is 17.1. The van der Waals surface area contributed by atoms with Crippen LogP contribution >= 0.6 is 0 Å². The number of fused-ring (bicyclic) bond motifs is 1. The standard InChI is InChI=1S/C27H22N2O2/c30-27(19-31-25-9-6-21(7-10-25)20-4-2-1-3-5-20)29-17-14-24-18-23(8-11-26(24)29)22-12-15-28-16-13-22/h1-13,15-16,18H,14,17,19H2. The molecule has 1 amide bonds. The molecule has 0 atom stereocenters. The molecule has 0 saturated carbocycles. The molecule has 3 aromatic carbocycles. The number of carbonyl (C=O) groups excluding carboxylic acids is 1. The highest BCUT2D eigenvalue weighted by Crippen LogP contribution is 2.32. The van der Waals surface area contributed by atoms with Gasteiger partial charge in [0.1, 0.15) is 5.75 Å². The lowest BCUT2D eigenvalue weighted by Crippen LogP contribution is -2.33. The van der Waals surface area contributed by atoms with E-state index in [4.69, 9.17) is 4.74 Å². The van der Waals surface area contributed by atoms with Gasteiger partial charge in [0.05, 0.1) is 0 Å². The number of rotatable bonds is 5. The summed E-state index contributed by atoms with van der Waals surface area (Å²) in [7, 11) is 0. The summed E-state index contributed by atoms with van der Waals surface area (Å²) in [5, 5.41) is 0. The first kappa shape index (κ1) is 19.1. The van der Waals surface area contributed by atoms with Crippen LogP contribution in [0.1, 0.15) is 5.56 Å². The molecule has 4 aromatic rings. The summed E-state index contributed by atoms with van der Waals surface area (Å²) in [5.74, 6) is 0.669. The number of pyridine rings is 1. The molecule has 152 valence electrons. The van der Waals surface area contributed by atoms with E-state index in [1.54, 1.807) is 12.4 Å². The smallest absolute Gasteiger partial charge is 0.264 e. The fraction of sp³-hybridized carbons (Fsp3) is 0.111. The van der Waals surface area contributed by atoms with E-state index >= 15 is 0 Å². The minimum absolute atomic E-state index is 0.0240. The molecular weight excluding hydrogens is 384 g/mol. The molecule has 0 radical (unpaired) electrons. The fourth-order valence-electron chi connectivity index (χ4n) is 3.98. The van der Waals surface area contributed by atoms with Crippen molar-refractivity contribution in [1.82, 2.24) is 4.98 Å². The first-order valence-electron chi connectivity index (χ1n) is 10.4. The Morgan fingerprint density at radius 2 is 1.48 bits per heavy atom. The Bertz CT molecular complexity index is 1190. The van der Waals surface area contributed by atoms with Gasteiger partial charge in [0.15, 0.2) is 6.61 Å². The molecule has 1 aliphatic rings. The van der Waals surface area contributed by atoms with E-state index in [1.165, 1.54) is 5.56 Å². The minimum atomic E-state index is -0.0254. The lowest BCUT2D eigenvalue weighted by molar-refractivity contribution is -0.120. The van der Waals surface area contributed by atoms with E-state index in [-0.39, 0.29) is 12.5 Å². The number of aromatic nitrogens is 1. The van der Waals surface area contributed by atoms with Crippen LogP contribution < -0.4 is 9.64 Å². The van der Waals surface area contributed by atoms with Crippen LogP contribution in [0.5, 0.6) is 5.75 Å². The van der Waals surface area contributed by atoms with Crippen molar-refractivity contribution >= 4 is 11.6 Å². The Morgan fingerprint density at radius 1 is 0.806 bits per heavy atom. The summed E-state index contributed by atoms with van der Waals surface area (Å²) in [6.07, 6.45) is 4.44. The molecule has 2 heterocycles. The average Bonchev–Trinajstić information content (AvgIpc) is 3.27. The van der Waals surface area contributed by atoms with Crippen molar-refractivity contribution in [3.05, 3.63) is 103 Å². The molecule has 0 aliphatic carbocycles. The Labute approximate surface area is 181 Å². The van der Waals surface area contributed by atoms with Crippen LogP contribution in [0.15, 0.2) is 97.3 Å². The fourth-order valence-corrected chi connectivity index (χ4v) is 3.98. The SMILES string of the molecule is O=C(COc1ccc(-c2ccccc2)cc1)N1CCc2cc(-c3ccncc3)ccc21. The molecule has 5 rings (SSSR count). The predicted octanol–water partition coefficient (Wildman–Crippen LogP) is 5.38. The number of amides is 1. The van der Waals surface area contributed by atoms with Crippen LogP contribution in [-0.4, -0.2) is 24.0 Å². The maximum absolute atomic E-state index is 12.8. The van der Waals surface area contributed by atoms with Crippen molar-refractivity contribution in [1.29, 1.82) is 0 Å². The van der Waals surface area contributed by atoms with Crippen LogP contribution in [0.2, 0.25) is 0 Å². The molecule has 1 aliphatic heterocycles. The van der Waals surface area contributed by atoms with Crippen molar-refractivity contribution < 1.29 is 9.53 Å². The van der Waals surface area contributed by atoms with Crippen LogP contribution in [-0.2, 0) is 11.2 Å². The lowest BCUT2D eigenvalue weighted by Gasteiger charge is -2.18. The highest BCUT2D eigenvalue weighted by Gasteiger charge is 2.25. The normalized spacial score (nSPS) is 12.5. The van der Waals surface area contributed by atoms with E-state index in [2.05, 4.69) is 29.2 Å². The van der Waals surface area contributed by atoms with Crippen molar-refractivity contribution in [2.45, 2.75) is 6.42 Å². The molecule has 0 saturated heterocycles. The lowest BCUT2D eigenvalue weighted by atomic mass is 10.0. The summed E-state index contributed by atoms with van der Waals surface area (Å²) in [5.41, 5.74) is 6.72. The van der Waals surface area contributed by atoms with Gasteiger partial charge in [-0.3, -0.25) is 9.78 Å². The predicted molar refractivity (Wildman–Crippen MR) is 123 cm³/mol. The first-order chi connectivity index (χ1) is 15.3. The molecule has 0 spiro atoms. The maximum atomic E-state index is 12.8. The van der Waals surface area contributed by atoms with Gasteiger partial charge >= 0.3 is 0 Å². The van der Waals surface area contributed by atoms with Crippen LogP contribution in [0.25, 0.3) is 22.3 Å². The van der Waals surface area contributed by atoms with E-state index in [9.17, 15) is 4.79 Å². The summed E-state index contributed by atoms with van der Waals surface area (Å²) < 4.78 is 5.78. The third kappa shape index (κ3) is 4.05. The van der Waals surface area contributed by atoms with E-state index in [0.29, 0.717) is 12.3 Å². The first-order valence-corrected chi connectivity index (χ1v) is 10.4. The molecule has 4 nitrogen and oxygen atoms in total. The average molecular weight is 406 g/mol. The number of hydrogen-bond donors (Lipinski definition) is 0. The minimum Gasteiger partial charge on any atom is -0.484 e. The van der Waals surface area contributed by atoms with Crippen molar-refractivity contribution in [3.8, 4) is 28.0 Å². The summed E-state index contributed by atoms with van der Waals surface area (Å²) in [6, 6.07) is 28.3. The van der Waals surface area contributed by atoms with Gasteiger partial charge in [0.25, 0.3) is 5.91 Å². The molecule has 0 fully saturated rings. The number of nitrogens with zero attached hydrogens (tertiary/aromatic N) is 2. The zero-order chi connectivity index (χ0) is 21.0. The van der Waals surface area contributed by atoms with Gasteiger partial charge in [-0.25, -0.2) is 0 Å². The highest BCUT2D eigenvalue weighted by atomic mass is 16.5. The third-order valence-corrected chi connectivity index (χ3v) is 5.61. The highest BCUT2D eigenvalue weighted by molar-refractivity contribution is 5.97. The Kier molecular flexibility index (Phi) is 5.19. The van der Waals surface area contributed by atoms with Gasteiger partial charge in [0.2, 0.25) is 0 Å². The number of benzene rings is 3. The topological polar surface area (TPSA) is 42.4 Å². The largest absolute Gasteiger partial charge is 0.484 e. The van der Waals surface area contributed by atoms with E-state index in [1.807, 2.05) is 65.6 Å². The molecule has 4 heteroatoms. The molecule has 0 N–H and O–H groups in total. The number of anilines is 1. The van der Waals surface area contributed by atoms with Gasteiger partial charge < -0.3 is 9.64 Å². The zero-order valence-corrected chi connectivity index (χ0v) is 17.1. The van der Waals surface area contributed by atoms with Crippen LogP contribution in [0, 0.1) is 0 Å². The van der Waals surface area contributed by atoms with Gasteiger partial charge in [-0.15, -0.1) is 0 Å². The quantitative estimate of drug-likeness (QED) is 0.447. The number of ether oxygens (including phenoxy) is 1. The molecule has 0 unspecified atom stereocenters. The van der Waals surface area contributed by atoms with Crippen molar-refractivity contribution in [2.24, 2.45) is 0 Å². The third-order valence-electron chi connectivity index (χ3n) is 5.61. The van der Waals surface area contributed by atoms with Crippen LogP contribution in [0.3, 0.4) is 0 Å². The number of hydrogen-bond acceptors (Lipinski definition) is 3. The summed E-state index contributed by atoms with van der Waals surface area (Å²) in [4.78, 5) is 18.7. The van der Waals surface area contributed by atoms with Crippen LogP contribution in [0.4, 0.5) is 5.69 Å². The van der Waals surface area contributed by atoms with Gasteiger partial charge in [-0.2, -0.15) is 0 Å². The summed E-state index contributed by atoms with van der Waals surface area (Å²) >= 11 is 0. The van der Waals surface area contributed by atoms with Gasteiger partial charge in [0, 0.05) is 24.6 Å². The van der Waals surface area contributed by atoms with E-state index in [0.717, 1.165) is 34.4 Å². The molecule has 31 heavy (non-hydrogen) atoms. The Morgan fingerprint density at radius 3 is 2.26 bits per heavy atom. The summed E-state index contributed by atoms with van der Waals surface area (Å²) in [6.45, 7) is 0.709. The van der Waals surface area contributed by atoms with Crippen molar-refractivity contribution in [2.75, 3.05) is 18.1 Å². The van der Waals surface area contributed by atoms with E-state index < -0.39 is 0 Å². The maximum Gasteiger partial charge on any atom is 0.264 e. The van der Waals surface area contributed by atoms with Crippen molar-refractivity contribution in [3.63, 3.8) is 0 Å². The van der Waals surface area contributed by atoms with Gasteiger partial charge in [-0.05, 0) is 70.6 Å².